The molecule has 2 aliphatic heterocycles. The molecule has 2 rings (SSSR count). The standard InChI is InChI=1S/C17H32N4O2/c1-8-17(7,12(5)6)21-14-13(19(10-3)16(21)23)18(9-2)15(22)20(14)11-4/h12-14H,8-11H2,1-7H3. The van der Waals surface area contributed by atoms with Crippen LogP contribution in [0.2, 0.25) is 0 Å². The number of fused-ring (bicyclic) bond motifs is 1. The Balaban J connectivity index is 2.56. The number of amides is 4. The zero-order valence-corrected chi connectivity index (χ0v) is 15.7. The molecule has 0 aromatic carbocycles. The second kappa shape index (κ2) is 6.21. The van der Waals surface area contributed by atoms with E-state index in [4.69, 9.17) is 0 Å². The van der Waals surface area contributed by atoms with Crippen LogP contribution in [-0.2, 0) is 0 Å². The average molecular weight is 324 g/mol. The molecule has 6 nitrogen and oxygen atoms in total. The Morgan fingerprint density at radius 2 is 1.30 bits per heavy atom. The number of likely N-dealkylation sites (N-methyl/N-ethyl adjacent to an activating group) is 3. The first-order valence-electron chi connectivity index (χ1n) is 8.97. The third kappa shape index (κ3) is 2.29. The molecule has 0 spiro atoms. The highest BCUT2D eigenvalue weighted by molar-refractivity contribution is 5.85. The minimum atomic E-state index is -0.263. The van der Waals surface area contributed by atoms with Crippen LogP contribution in [0.4, 0.5) is 9.59 Å². The van der Waals surface area contributed by atoms with Crippen molar-refractivity contribution >= 4 is 12.1 Å². The molecule has 0 bridgehead atoms. The zero-order valence-electron chi connectivity index (χ0n) is 15.7. The largest absolute Gasteiger partial charge is 0.324 e. The minimum absolute atomic E-state index is 0.0446. The first-order valence-corrected chi connectivity index (χ1v) is 8.97. The molecule has 4 amide bonds. The molecule has 0 aliphatic carbocycles. The Morgan fingerprint density at radius 1 is 0.870 bits per heavy atom. The number of carbonyl (C=O) groups is 2. The van der Waals surface area contributed by atoms with Crippen molar-refractivity contribution < 1.29 is 9.59 Å². The fourth-order valence-corrected chi connectivity index (χ4v) is 4.02. The second-order valence-corrected chi connectivity index (χ2v) is 6.99. The molecule has 3 unspecified atom stereocenters. The van der Waals surface area contributed by atoms with Crippen molar-refractivity contribution in [2.24, 2.45) is 5.92 Å². The van der Waals surface area contributed by atoms with Crippen LogP contribution in [0.25, 0.3) is 0 Å². The Morgan fingerprint density at radius 3 is 1.70 bits per heavy atom. The topological polar surface area (TPSA) is 47.1 Å². The van der Waals surface area contributed by atoms with Crippen molar-refractivity contribution in [2.45, 2.75) is 72.8 Å². The van der Waals surface area contributed by atoms with Gasteiger partial charge in [-0.25, -0.2) is 9.59 Å². The molecule has 0 aromatic rings. The van der Waals surface area contributed by atoms with E-state index in [1.54, 1.807) is 0 Å². The first-order chi connectivity index (χ1) is 10.8. The van der Waals surface area contributed by atoms with Gasteiger partial charge in [-0.1, -0.05) is 20.8 Å². The minimum Gasteiger partial charge on any atom is -0.300 e. The number of hydrogen-bond donors (Lipinski definition) is 0. The molecule has 0 radical (unpaired) electrons. The molecule has 2 saturated heterocycles. The normalized spacial score (nSPS) is 27.3. The molecule has 23 heavy (non-hydrogen) atoms. The number of rotatable bonds is 6. The Kier molecular flexibility index (Phi) is 4.83. The monoisotopic (exact) mass is 324 g/mol. The molecular weight excluding hydrogens is 292 g/mol. The van der Waals surface area contributed by atoms with Crippen molar-refractivity contribution in [1.29, 1.82) is 0 Å². The lowest BCUT2D eigenvalue weighted by Crippen LogP contribution is -2.59. The maximum Gasteiger partial charge on any atom is 0.324 e. The van der Waals surface area contributed by atoms with Crippen LogP contribution in [0.15, 0.2) is 0 Å². The van der Waals surface area contributed by atoms with Crippen LogP contribution in [0.3, 0.4) is 0 Å². The lowest BCUT2D eigenvalue weighted by atomic mass is 9.84. The predicted octanol–water partition coefficient (Wildman–Crippen LogP) is 3.00. The average Bonchev–Trinajstić information content (AvgIpc) is 2.95. The van der Waals surface area contributed by atoms with Gasteiger partial charge in [-0.15, -0.1) is 0 Å². The van der Waals surface area contributed by atoms with E-state index in [0.29, 0.717) is 25.6 Å². The highest BCUT2D eigenvalue weighted by Crippen LogP contribution is 2.42. The van der Waals surface area contributed by atoms with Gasteiger partial charge in [0.15, 0.2) is 0 Å². The number of hydrogen-bond acceptors (Lipinski definition) is 2. The molecule has 2 heterocycles. The summed E-state index contributed by atoms with van der Waals surface area (Å²) in [5.74, 6) is 0.318. The lowest BCUT2D eigenvalue weighted by Gasteiger charge is -2.45. The van der Waals surface area contributed by atoms with Gasteiger partial charge in [-0.05, 0) is 40.0 Å². The van der Waals surface area contributed by atoms with Crippen LogP contribution in [0.5, 0.6) is 0 Å². The number of carbonyl (C=O) groups excluding carboxylic acids is 2. The van der Waals surface area contributed by atoms with Crippen LogP contribution < -0.4 is 0 Å². The van der Waals surface area contributed by atoms with Crippen LogP contribution in [0, 0.1) is 5.92 Å². The fourth-order valence-electron chi connectivity index (χ4n) is 4.02. The van der Waals surface area contributed by atoms with Crippen LogP contribution in [-0.4, -0.2) is 69.2 Å². The van der Waals surface area contributed by atoms with E-state index in [9.17, 15) is 9.59 Å². The van der Waals surface area contributed by atoms with Crippen LogP contribution in [0.1, 0.15) is 54.9 Å². The second-order valence-electron chi connectivity index (χ2n) is 6.99. The van der Waals surface area contributed by atoms with E-state index in [-0.39, 0.29) is 29.9 Å². The highest BCUT2D eigenvalue weighted by atomic mass is 16.2. The molecule has 0 aromatic heterocycles. The summed E-state index contributed by atoms with van der Waals surface area (Å²) in [6, 6.07) is 0.105. The van der Waals surface area contributed by atoms with E-state index in [1.807, 2.05) is 40.4 Å². The third-order valence-corrected chi connectivity index (χ3v) is 5.96. The van der Waals surface area contributed by atoms with Gasteiger partial charge in [-0.3, -0.25) is 4.90 Å². The number of urea groups is 2. The summed E-state index contributed by atoms with van der Waals surface area (Å²) in [6.45, 7) is 16.4. The molecule has 3 atom stereocenters. The van der Waals surface area contributed by atoms with Gasteiger partial charge in [0.1, 0.15) is 12.3 Å². The van der Waals surface area contributed by atoms with Gasteiger partial charge in [0.05, 0.1) is 0 Å². The molecule has 132 valence electrons. The maximum atomic E-state index is 13.2. The van der Waals surface area contributed by atoms with E-state index in [2.05, 4.69) is 27.7 Å². The predicted molar refractivity (Wildman–Crippen MR) is 90.9 cm³/mol. The maximum absolute atomic E-state index is 13.2. The third-order valence-electron chi connectivity index (χ3n) is 5.96. The number of nitrogens with zero attached hydrogens (tertiary/aromatic N) is 4. The van der Waals surface area contributed by atoms with E-state index >= 15 is 0 Å². The van der Waals surface area contributed by atoms with Crippen molar-refractivity contribution in [3.05, 3.63) is 0 Å². The summed E-state index contributed by atoms with van der Waals surface area (Å²) < 4.78 is 0. The van der Waals surface area contributed by atoms with Crippen molar-refractivity contribution in [3.63, 3.8) is 0 Å². The summed E-state index contributed by atoms with van der Waals surface area (Å²) in [7, 11) is 0. The molecule has 2 fully saturated rings. The SMILES string of the molecule is CCN1C(=O)N(CC)C2C1N(CC)C(=O)N2C(C)(CC)C(C)C. The zero-order chi connectivity index (χ0) is 17.5. The van der Waals surface area contributed by atoms with Gasteiger partial charge in [0, 0.05) is 25.2 Å². The van der Waals surface area contributed by atoms with Gasteiger partial charge < -0.3 is 14.7 Å². The molecule has 0 N–H and O–H groups in total. The smallest absolute Gasteiger partial charge is 0.300 e. The Labute approximate surface area is 140 Å². The highest BCUT2D eigenvalue weighted by Gasteiger charge is 2.61. The van der Waals surface area contributed by atoms with E-state index in [1.165, 1.54) is 0 Å². The summed E-state index contributed by atoms with van der Waals surface area (Å²) in [5, 5.41) is 0. The van der Waals surface area contributed by atoms with Crippen LogP contribution >= 0.6 is 0 Å². The molecule has 0 saturated carbocycles. The Bertz CT molecular complexity index is 479. The summed E-state index contributed by atoms with van der Waals surface area (Å²) in [6.07, 6.45) is 0.511. The van der Waals surface area contributed by atoms with Gasteiger partial charge in [0.2, 0.25) is 0 Å². The molecular formula is C17H32N4O2. The van der Waals surface area contributed by atoms with E-state index < -0.39 is 0 Å². The summed E-state index contributed by atoms with van der Waals surface area (Å²) >= 11 is 0. The van der Waals surface area contributed by atoms with Crippen molar-refractivity contribution in [3.8, 4) is 0 Å². The quantitative estimate of drug-likeness (QED) is 0.754. The van der Waals surface area contributed by atoms with Crippen molar-refractivity contribution in [1.82, 2.24) is 19.6 Å². The summed E-state index contributed by atoms with van der Waals surface area (Å²) in [5.41, 5.74) is -0.263. The van der Waals surface area contributed by atoms with Crippen molar-refractivity contribution in [2.75, 3.05) is 19.6 Å². The summed E-state index contributed by atoms with van der Waals surface area (Å²) in [4.78, 5) is 33.5. The first kappa shape index (κ1) is 17.9. The van der Waals surface area contributed by atoms with Gasteiger partial charge in [0.25, 0.3) is 0 Å². The fraction of sp³-hybridized carbons (Fsp3) is 0.882. The molecule has 2 aliphatic rings. The molecule has 6 heteroatoms. The lowest BCUT2D eigenvalue weighted by molar-refractivity contribution is 0.0239. The Hall–Kier alpha value is -1.46. The van der Waals surface area contributed by atoms with Gasteiger partial charge >= 0.3 is 12.1 Å². The van der Waals surface area contributed by atoms with E-state index in [0.717, 1.165) is 6.42 Å². The van der Waals surface area contributed by atoms with Gasteiger partial charge in [-0.2, -0.15) is 0 Å².